The molecule has 1 saturated carbocycles. The van der Waals surface area contributed by atoms with Crippen molar-refractivity contribution >= 4 is 22.2 Å². The molecule has 1 N–H and O–H groups in total. The minimum Gasteiger partial charge on any atom is -0.344 e. The highest BCUT2D eigenvalue weighted by molar-refractivity contribution is 7.14. The molecule has 0 spiro atoms. The largest absolute Gasteiger partial charge is 0.344 e. The monoisotopic (exact) mass is 254 g/mol. The quantitative estimate of drug-likeness (QED) is 0.892. The minimum atomic E-state index is -0.766. The average Bonchev–Trinajstić information content (AvgIpc) is 3.11. The van der Waals surface area contributed by atoms with Crippen LogP contribution in [0.2, 0.25) is 0 Å². The Labute approximate surface area is 103 Å². The van der Waals surface area contributed by atoms with E-state index in [0.717, 1.165) is 17.1 Å². The van der Waals surface area contributed by atoms with Gasteiger partial charge in [-0.2, -0.15) is 0 Å². The Hall–Kier alpha value is -0.980. The molecule has 0 atom stereocenters. The highest BCUT2D eigenvalue weighted by atomic mass is 32.1. The summed E-state index contributed by atoms with van der Waals surface area (Å²) in [5.74, 6) is 0.306. The maximum absolute atomic E-state index is 11.9. The summed E-state index contributed by atoms with van der Waals surface area (Å²) < 4.78 is 10.5. The Kier molecular flexibility index (Phi) is 3.09. The molecule has 92 valence electrons. The standard InChI is InChI=1S/C11H14N2O3S/c14-9(11-15-4-1-5-16-11)13-10-8(7-2-3-7)12-6-17-10/h6-7,11H,1-5H2,(H,13,14). The Morgan fingerprint density at radius 1 is 1.41 bits per heavy atom. The summed E-state index contributed by atoms with van der Waals surface area (Å²) in [5, 5.41) is 3.69. The van der Waals surface area contributed by atoms with Crippen molar-refractivity contribution in [1.29, 1.82) is 0 Å². The van der Waals surface area contributed by atoms with E-state index in [0.29, 0.717) is 19.1 Å². The number of hydrogen-bond donors (Lipinski definition) is 1. The first-order chi connectivity index (χ1) is 8.34. The normalized spacial score (nSPS) is 21.4. The van der Waals surface area contributed by atoms with Gasteiger partial charge >= 0.3 is 0 Å². The van der Waals surface area contributed by atoms with E-state index in [9.17, 15) is 4.79 Å². The van der Waals surface area contributed by atoms with Gasteiger partial charge < -0.3 is 14.8 Å². The number of anilines is 1. The van der Waals surface area contributed by atoms with Crippen molar-refractivity contribution in [2.45, 2.75) is 31.5 Å². The van der Waals surface area contributed by atoms with E-state index in [1.165, 1.54) is 24.2 Å². The third kappa shape index (κ3) is 2.48. The van der Waals surface area contributed by atoms with Gasteiger partial charge in [-0.1, -0.05) is 0 Å². The van der Waals surface area contributed by atoms with E-state index in [-0.39, 0.29) is 5.91 Å². The molecule has 6 heteroatoms. The SMILES string of the molecule is O=C(Nc1scnc1C1CC1)C1OCCCO1. The molecular weight excluding hydrogens is 240 g/mol. The second-order valence-corrected chi connectivity index (χ2v) is 5.11. The van der Waals surface area contributed by atoms with Crippen LogP contribution in [-0.2, 0) is 14.3 Å². The highest BCUT2D eigenvalue weighted by Gasteiger charge is 2.30. The van der Waals surface area contributed by atoms with Gasteiger partial charge in [0.1, 0.15) is 5.00 Å². The molecule has 1 aliphatic heterocycles. The van der Waals surface area contributed by atoms with Gasteiger partial charge in [0.05, 0.1) is 24.4 Å². The second kappa shape index (κ2) is 4.72. The molecule has 0 aromatic carbocycles. The van der Waals surface area contributed by atoms with Gasteiger partial charge in [-0.3, -0.25) is 4.79 Å². The Balaban J connectivity index is 1.64. The lowest BCUT2D eigenvalue weighted by atomic mass is 10.3. The number of thiazole rings is 1. The zero-order chi connectivity index (χ0) is 11.7. The van der Waals surface area contributed by atoms with Gasteiger partial charge in [-0.25, -0.2) is 4.98 Å². The van der Waals surface area contributed by atoms with Crippen molar-refractivity contribution in [3.63, 3.8) is 0 Å². The minimum absolute atomic E-state index is 0.226. The van der Waals surface area contributed by atoms with Crippen molar-refractivity contribution in [3.05, 3.63) is 11.2 Å². The number of aromatic nitrogens is 1. The van der Waals surface area contributed by atoms with Crippen LogP contribution in [0.15, 0.2) is 5.51 Å². The van der Waals surface area contributed by atoms with Crippen molar-refractivity contribution in [3.8, 4) is 0 Å². The lowest BCUT2D eigenvalue weighted by Crippen LogP contribution is -2.36. The molecule has 1 amide bonds. The summed E-state index contributed by atoms with van der Waals surface area (Å²) in [7, 11) is 0. The molecule has 17 heavy (non-hydrogen) atoms. The van der Waals surface area contributed by atoms with Gasteiger partial charge in [0.15, 0.2) is 0 Å². The lowest BCUT2D eigenvalue weighted by Gasteiger charge is -2.21. The van der Waals surface area contributed by atoms with Crippen LogP contribution >= 0.6 is 11.3 Å². The average molecular weight is 254 g/mol. The molecule has 2 fully saturated rings. The smallest absolute Gasteiger partial charge is 0.282 e. The van der Waals surface area contributed by atoms with Crippen molar-refractivity contribution < 1.29 is 14.3 Å². The van der Waals surface area contributed by atoms with Crippen molar-refractivity contribution in [2.75, 3.05) is 18.5 Å². The molecule has 2 heterocycles. The van der Waals surface area contributed by atoms with E-state index < -0.39 is 6.29 Å². The number of nitrogens with one attached hydrogen (secondary N) is 1. The fourth-order valence-corrected chi connectivity index (χ4v) is 2.58. The van der Waals surface area contributed by atoms with Gasteiger partial charge in [-0.05, 0) is 19.3 Å². The first-order valence-corrected chi connectivity index (χ1v) is 6.70. The summed E-state index contributed by atoms with van der Waals surface area (Å²) in [5.41, 5.74) is 2.78. The summed E-state index contributed by atoms with van der Waals surface area (Å²) >= 11 is 1.46. The van der Waals surface area contributed by atoms with Crippen LogP contribution in [0.25, 0.3) is 0 Å². The van der Waals surface area contributed by atoms with Gasteiger partial charge in [-0.15, -0.1) is 11.3 Å². The predicted molar refractivity (Wildman–Crippen MR) is 63.0 cm³/mol. The van der Waals surface area contributed by atoms with Crippen LogP contribution in [0.3, 0.4) is 0 Å². The topological polar surface area (TPSA) is 60.5 Å². The van der Waals surface area contributed by atoms with E-state index in [2.05, 4.69) is 10.3 Å². The fraction of sp³-hybridized carbons (Fsp3) is 0.636. The summed E-state index contributed by atoms with van der Waals surface area (Å²) in [4.78, 5) is 16.2. The molecule has 1 aromatic rings. The van der Waals surface area contributed by atoms with Crippen LogP contribution in [0.4, 0.5) is 5.00 Å². The van der Waals surface area contributed by atoms with Crippen LogP contribution in [0.1, 0.15) is 30.9 Å². The van der Waals surface area contributed by atoms with Crippen LogP contribution in [-0.4, -0.2) is 30.4 Å². The maximum atomic E-state index is 11.9. The van der Waals surface area contributed by atoms with E-state index in [1.54, 1.807) is 5.51 Å². The van der Waals surface area contributed by atoms with Crippen LogP contribution < -0.4 is 5.32 Å². The molecule has 5 nitrogen and oxygen atoms in total. The molecule has 3 rings (SSSR count). The van der Waals surface area contributed by atoms with E-state index in [4.69, 9.17) is 9.47 Å². The Bertz CT molecular complexity index is 411. The maximum Gasteiger partial charge on any atom is 0.282 e. The summed E-state index contributed by atoms with van der Waals surface area (Å²) in [6.45, 7) is 1.16. The first kappa shape index (κ1) is 11.1. The van der Waals surface area contributed by atoms with Crippen molar-refractivity contribution in [2.24, 2.45) is 0 Å². The molecule has 0 radical (unpaired) electrons. The third-order valence-corrected chi connectivity index (χ3v) is 3.59. The molecule has 1 aliphatic carbocycles. The predicted octanol–water partition coefficient (Wildman–Crippen LogP) is 1.72. The molecule has 2 aliphatic rings. The Morgan fingerprint density at radius 2 is 2.18 bits per heavy atom. The summed E-state index contributed by atoms with van der Waals surface area (Å²) in [6.07, 6.45) is 2.42. The molecule has 1 saturated heterocycles. The summed E-state index contributed by atoms with van der Waals surface area (Å²) in [6, 6.07) is 0. The number of hydrogen-bond acceptors (Lipinski definition) is 5. The number of amides is 1. The zero-order valence-electron chi connectivity index (χ0n) is 9.35. The number of carbonyl (C=O) groups excluding carboxylic acids is 1. The third-order valence-electron chi connectivity index (χ3n) is 2.84. The molecule has 0 bridgehead atoms. The van der Waals surface area contributed by atoms with Crippen LogP contribution in [0.5, 0.6) is 0 Å². The Morgan fingerprint density at radius 3 is 2.88 bits per heavy atom. The molecule has 0 unspecified atom stereocenters. The van der Waals surface area contributed by atoms with Gasteiger partial charge in [0.2, 0.25) is 6.29 Å². The zero-order valence-corrected chi connectivity index (χ0v) is 10.2. The van der Waals surface area contributed by atoms with Crippen molar-refractivity contribution in [1.82, 2.24) is 4.98 Å². The van der Waals surface area contributed by atoms with E-state index in [1.807, 2.05) is 0 Å². The second-order valence-electron chi connectivity index (χ2n) is 4.26. The lowest BCUT2D eigenvalue weighted by molar-refractivity contribution is -0.185. The molecular formula is C11H14N2O3S. The molecule has 1 aromatic heterocycles. The van der Waals surface area contributed by atoms with Gasteiger partial charge in [0, 0.05) is 5.92 Å². The van der Waals surface area contributed by atoms with Crippen LogP contribution in [0, 0.1) is 0 Å². The fourth-order valence-electron chi connectivity index (χ4n) is 1.81. The number of rotatable bonds is 3. The van der Waals surface area contributed by atoms with Gasteiger partial charge in [0.25, 0.3) is 5.91 Å². The number of nitrogens with zero attached hydrogens (tertiary/aromatic N) is 1. The number of ether oxygens (including phenoxy) is 2. The highest BCUT2D eigenvalue weighted by Crippen LogP contribution is 2.43. The first-order valence-electron chi connectivity index (χ1n) is 5.82. The van der Waals surface area contributed by atoms with E-state index >= 15 is 0 Å². The number of carbonyl (C=O) groups is 1.